The van der Waals surface area contributed by atoms with Gasteiger partial charge < -0.3 is 24.8 Å². The topological polar surface area (TPSA) is 0 Å². The molecular formula is C48H52Cl2Zr2-2. The van der Waals surface area contributed by atoms with Crippen LogP contribution in [0.4, 0.5) is 0 Å². The summed E-state index contributed by atoms with van der Waals surface area (Å²) in [4.78, 5) is 0. The molecule has 0 aromatic heterocycles. The molecule has 0 aliphatic heterocycles. The molecule has 0 heterocycles. The van der Waals surface area contributed by atoms with Crippen molar-refractivity contribution in [2.75, 3.05) is 0 Å². The van der Waals surface area contributed by atoms with Crippen molar-refractivity contribution in [1.82, 2.24) is 0 Å². The van der Waals surface area contributed by atoms with Gasteiger partial charge in [-0.05, 0) is 55.4 Å². The summed E-state index contributed by atoms with van der Waals surface area (Å²) in [5, 5.41) is 11.1. The fraction of sp³-hybridized carbons (Fsp3) is 0.250. The first kappa shape index (κ1) is 47.7. The van der Waals surface area contributed by atoms with E-state index in [9.17, 15) is 0 Å². The summed E-state index contributed by atoms with van der Waals surface area (Å²) in [6.07, 6.45) is 0. The van der Waals surface area contributed by atoms with Gasteiger partial charge in [-0.25, -0.2) is 0 Å². The van der Waals surface area contributed by atoms with Crippen molar-refractivity contribution in [3.8, 4) is 0 Å². The predicted molar refractivity (Wildman–Crippen MR) is 215 cm³/mol. The van der Waals surface area contributed by atoms with Crippen LogP contribution in [0.15, 0.2) is 97.1 Å². The Morgan fingerprint density at radius 3 is 0.615 bits per heavy atom. The van der Waals surface area contributed by atoms with Crippen LogP contribution in [-0.4, -0.2) is 0 Å². The zero-order valence-electron chi connectivity index (χ0n) is 33.0. The molecule has 8 rings (SSSR count). The van der Waals surface area contributed by atoms with Gasteiger partial charge in [0.15, 0.2) is 0 Å². The van der Waals surface area contributed by atoms with Crippen molar-refractivity contribution >= 4 is 43.1 Å². The van der Waals surface area contributed by atoms with Gasteiger partial charge >= 0.3 is 52.4 Å². The molecule has 52 heavy (non-hydrogen) atoms. The van der Waals surface area contributed by atoms with Crippen LogP contribution >= 0.6 is 0 Å². The summed E-state index contributed by atoms with van der Waals surface area (Å²) in [5.74, 6) is 0. The first-order valence-electron chi connectivity index (χ1n) is 17.2. The average molecular weight is 882 g/mol. The van der Waals surface area contributed by atoms with E-state index in [-0.39, 0.29) is 77.2 Å². The van der Waals surface area contributed by atoms with Crippen LogP contribution in [0, 0.1) is 83.1 Å². The van der Waals surface area contributed by atoms with Crippen molar-refractivity contribution in [3.05, 3.63) is 164 Å². The van der Waals surface area contributed by atoms with Gasteiger partial charge in [-0.2, -0.15) is 24.3 Å². The number of halogens is 2. The maximum atomic E-state index is 2.25. The Balaban J connectivity index is 0.000000338. The van der Waals surface area contributed by atoms with Crippen LogP contribution in [-0.2, 0) is 52.4 Å². The van der Waals surface area contributed by atoms with Gasteiger partial charge in [0.05, 0.1) is 0 Å². The minimum absolute atomic E-state index is 0. The molecule has 0 radical (unpaired) electrons. The Bertz CT molecular complexity index is 2040. The van der Waals surface area contributed by atoms with Crippen LogP contribution in [0.5, 0.6) is 0 Å². The monoisotopic (exact) mass is 878 g/mol. The van der Waals surface area contributed by atoms with E-state index in [4.69, 9.17) is 0 Å². The Morgan fingerprint density at radius 1 is 0.269 bits per heavy atom. The van der Waals surface area contributed by atoms with E-state index >= 15 is 0 Å². The molecule has 0 fully saturated rings. The molecule has 0 N–H and O–H groups in total. The van der Waals surface area contributed by atoms with Crippen molar-refractivity contribution < 1.29 is 77.2 Å². The summed E-state index contributed by atoms with van der Waals surface area (Å²) in [6, 6.07) is 35.9. The number of rotatable bonds is 0. The van der Waals surface area contributed by atoms with E-state index in [0.717, 1.165) is 0 Å². The fourth-order valence-electron chi connectivity index (χ4n) is 7.37. The number of hydrogen-bond donors (Lipinski definition) is 0. The Labute approximate surface area is 363 Å². The Kier molecular flexibility index (Phi) is 18.7. The number of fused-ring (bicyclic) bond motifs is 4. The van der Waals surface area contributed by atoms with Crippen LogP contribution in [0.1, 0.15) is 66.8 Å². The van der Waals surface area contributed by atoms with Crippen molar-refractivity contribution in [2.24, 2.45) is 0 Å². The van der Waals surface area contributed by atoms with Gasteiger partial charge in [-0.15, -0.1) is 114 Å². The third-order valence-electron chi connectivity index (χ3n) is 9.27. The molecule has 0 atom stereocenters. The van der Waals surface area contributed by atoms with Gasteiger partial charge in [0.1, 0.15) is 0 Å². The molecule has 8 aromatic rings. The van der Waals surface area contributed by atoms with E-state index < -0.39 is 0 Å². The Hall–Kier alpha value is -2.33. The van der Waals surface area contributed by atoms with Gasteiger partial charge in [-0.1, -0.05) is 96.5 Å². The first-order valence-corrected chi connectivity index (χ1v) is 17.2. The molecule has 0 aliphatic rings. The molecule has 0 bridgehead atoms. The van der Waals surface area contributed by atoms with Crippen LogP contribution in [0.25, 0.3) is 43.1 Å². The van der Waals surface area contributed by atoms with E-state index in [1.807, 2.05) is 0 Å². The first-order chi connectivity index (χ1) is 22.7. The largest absolute Gasteiger partial charge is 2.00 e. The maximum Gasteiger partial charge on any atom is 2.00 e. The Morgan fingerprint density at radius 2 is 0.442 bits per heavy atom. The van der Waals surface area contributed by atoms with E-state index in [1.54, 1.807) is 0 Å². The zero-order valence-corrected chi connectivity index (χ0v) is 39.4. The summed E-state index contributed by atoms with van der Waals surface area (Å²) < 4.78 is 0. The van der Waals surface area contributed by atoms with E-state index in [0.29, 0.717) is 0 Å². The minimum atomic E-state index is 0. The minimum Gasteiger partial charge on any atom is -1.00 e. The van der Waals surface area contributed by atoms with E-state index in [2.05, 4.69) is 180 Å². The van der Waals surface area contributed by atoms with Crippen molar-refractivity contribution in [3.63, 3.8) is 0 Å². The van der Waals surface area contributed by atoms with Crippen molar-refractivity contribution in [1.29, 1.82) is 0 Å². The second-order valence-corrected chi connectivity index (χ2v) is 14.5. The fourth-order valence-corrected chi connectivity index (χ4v) is 7.37. The molecule has 0 saturated heterocycles. The number of aryl methyl sites for hydroxylation is 12. The van der Waals surface area contributed by atoms with Gasteiger partial charge in [0.25, 0.3) is 0 Å². The smallest absolute Gasteiger partial charge is 1.00 e. The summed E-state index contributed by atoms with van der Waals surface area (Å²) in [5.41, 5.74) is 16.4. The third-order valence-corrected chi connectivity index (χ3v) is 9.27. The van der Waals surface area contributed by atoms with Gasteiger partial charge in [-0.3, -0.25) is 0 Å². The quantitative estimate of drug-likeness (QED) is 0.136. The van der Waals surface area contributed by atoms with Crippen LogP contribution in [0.3, 0.4) is 0 Å². The average Bonchev–Trinajstić information content (AvgIpc) is 3.74. The molecular weight excluding hydrogens is 830 g/mol. The van der Waals surface area contributed by atoms with Crippen LogP contribution < -0.4 is 24.8 Å². The normalized spacial score (nSPS) is 10.1. The molecule has 0 aliphatic carbocycles. The predicted octanol–water partition coefficient (Wildman–Crippen LogP) is 7.94. The number of benzene rings is 4. The molecule has 4 heteroatoms. The molecule has 0 spiro atoms. The summed E-state index contributed by atoms with van der Waals surface area (Å²) in [7, 11) is 0. The zero-order chi connectivity index (χ0) is 34.9. The second-order valence-electron chi connectivity index (χ2n) is 14.5. The third kappa shape index (κ3) is 11.8. The van der Waals surface area contributed by atoms with E-state index in [1.165, 1.54) is 110 Å². The summed E-state index contributed by atoms with van der Waals surface area (Å²) >= 11 is 0. The van der Waals surface area contributed by atoms with Gasteiger partial charge in [0, 0.05) is 0 Å². The maximum absolute atomic E-state index is 2.25. The SMILES string of the molecule is Cc1cc(C)c2cc(C)[cH-]c2c1.Cc1cc(C)c2cc(C)[cH-]c2c1.Cc1cc(C)c2cc(C)[cH-]c2c1.Cc1cc(C)c2cc(C)[cH-]c2c1.[Cl-].[Cl-].[Zr+2].[Zr+2]. The molecule has 8 aromatic carbocycles. The molecule has 0 amide bonds. The summed E-state index contributed by atoms with van der Waals surface area (Å²) in [6.45, 7) is 25.9. The second kappa shape index (κ2) is 20.4. The van der Waals surface area contributed by atoms with Gasteiger partial charge in [0.2, 0.25) is 0 Å². The van der Waals surface area contributed by atoms with Crippen molar-refractivity contribution in [2.45, 2.75) is 83.1 Å². The standard InChI is InChI=1S/4C12H13.2ClH.2Zr/c4*1-8-4-10(3)12-7-9(2)6-11(12)5-8;;;;/h4*4-7H,1-3H3;2*1H;;/q4*-1;;;2*+2/p-2. The number of hydrogen-bond acceptors (Lipinski definition) is 0. The molecule has 0 saturated carbocycles. The van der Waals surface area contributed by atoms with Crippen LogP contribution in [0.2, 0.25) is 0 Å². The molecule has 268 valence electrons. The molecule has 0 unspecified atom stereocenters. The molecule has 0 nitrogen and oxygen atoms in total.